The van der Waals surface area contributed by atoms with Crippen LogP contribution in [0.15, 0.2) is 0 Å². The molecule has 0 spiro atoms. The molecular weight excluding hydrogens is 132 g/mol. The molecule has 1 heteroatoms. The molecule has 1 rings (SSSR count). The normalized spacial score (nSPS) is 20.6. The van der Waals surface area contributed by atoms with E-state index in [-0.39, 0.29) is 0 Å². The highest BCUT2D eigenvalue weighted by Crippen LogP contribution is 2.22. The Morgan fingerprint density at radius 3 is 2.33 bits per heavy atom. The number of hydrogen-bond acceptors (Lipinski definition) is 0. The van der Waals surface area contributed by atoms with Gasteiger partial charge in [-0.2, -0.15) is 0 Å². The molecule has 0 atom stereocenters. The van der Waals surface area contributed by atoms with Crippen LogP contribution in [0.4, 0.5) is 0 Å². The molecule has 0 aromatic heterocycles. The van der Waals surface area contributed by atoms with Gasteiger partial charge in [-0.25, -0.2) is 0 Å². The number of rotatable bonds is 0. The van der Waals surface area contributed by atoms with Crippen molar-refractivity contribution in [2.24, 2.45) is 5.92 Å². The first-order valence-corrected chi connectivity index (χ1v) is 3.92. The van der Waals surface area contributed by atoms with E-state index in [2.05, 4.69) is 11.3 Å². The van der Waals surface area contributed by atoms with Gasteiger partial charge < -0.3 is 0 Å². The third-order valence-corrected chi connectivity index (χ3v) is 1.97. The minimum atomic E-state index is 0.608. The average molecular weight is 143 g/mol. The summed E-state index contributed by atoms with van der Waals surface area (Å²) < 4.78 is 0. The lowest BCUT2D eigenvalue weighted by atomic mass is 9.90. The monoisotopic (exact) mass is 142 g/mol. The topological polar surface area (TPSA) is 0 Å². The second-order valence-electron chi connectivity index (χ2n) is 2.57. The van der Waals surface area contributed by atoms with Gasteiger partial charge in [0.05, 0.1) is 0 Å². The fourth-order valence-corrected chi connectivity index (χ4v) is 1.48. The SMILES string of the molecule is ClC#CC1CCCCC1. The Hall–Kier alpha value is -0.150. The van der Waals surface area contributed by atoms with Gasteiger partial charge in [-0.1, -0.05) is 25.2 Å². The van der Waals surface area contributed by atoms with Gasteiger partial charge >= 0.3 is 0 Å². The Morgan fingerprint density at radius 1 is 1.11 bits per heavy atom. The molecule has 0 aliphatic heterocycles. The first-order valence-electron chi connectivity index (χ1n) is 3.54. The molecule has 9 heavy (non-hydrogen) atoms. The van der Waals surface area contributed by atoms with E-state index < -0.39 is 0 Å². The molecule has 0 N–H and O–H groups in total. The second kappa shape index (κ2) is 3.80. The van der Waals surface area contributed by atoms with E-state index in [1.807, 2.05) is 0 Å². The van der Waals surface area contributed by atoms with Gasteiger partial charge in [-0.3, -0.25) is 0 Å². The number of halogens is 1. The average Bonchev–Trinajstić information content (AvgIpc) is 1.91. The van der Waals surface area contributed by atoms with Gasteiger partial charge in [-0.05, 0) is 24.4 Å². The second-order valence-corrected chi connectivity index (χ2v) is 2.76. The summed E-state index contributed by atoms with van der Waals surface area (Å²) in [7, 11) is 0. The van der Waals surface area contributed by atoms with Gasteiger partial charge in [0.15, 0.2) is 0 Å². The summed E-state index contributed by atoms with van der Waals surface area (Å²) >= 11 is 5.27. The number of hydrogen-bond donors (Lipinski definition) is 0. The molecule has 50 valence electrons. The van der Waals surface area contributed by atoms with Crippen LogP contribution < -0.4 is 0 Å². The molecule has 0 radical (unpaired) electrons. The van der Waals surface area contributed by atoms with Crippen LogP contribution in [0.2, 0.25) is 0 Å². The van der Waals surface area contributed by atoms with Gasteiger partial charge in [0, 0.05) is 11.3 Å². The van der Waals surface area contributed by atoms with Crippen LogP contribution in [0.25, 0.3) is 0 Å². The third kappa shape index (κ3) is 2.28. The minimum Gasteiger partial charge on any atom is -0.0825 e. The van der Waals surface area contributed by atoms with Gasteiger partial charge in [0.2, 0.25) is 0 Å². The van der Waals surface area contributed by atoms with Crippen LogP contribution in [0.1, 0.15) is 32.1 Å². The summed E-state index contributed by atoms with van der Waals surface area (Å²) in [5.74, 6) is 3.61. The Bertz CT molecular complexity index is 123. The fourth-order valence-electron chi connectivity index (χ4n) is 1.32. The van der Waals surface area contributed by atoms with E-state index in [1.165, 1.54) is 32.1 Å². The first kappa shape index (κ1) is 6.96. The Morgan fingerprint density at radius 2 is 1.78 bits per heavy atom. The lowest BCUT2D eigenvalue weighted by molar-refractivity contribution is 0.430. The van der Waals surface area contributed by atoms with Gasteiger partial charge in [-0.15, -0.1) is 0 Å². The molecule has 0 saturated heterocycles. The maximum Gasteiger partial charge on any atom is 0.0215 e. The summed E-state index contributed by atoms with van der Waals surface area (Å²) in [5, 5.41) is 2.46. The molecule has 0 heterocycles. The Balaban J connectivity index is 2.28. The molecule has 0 amide bonds. The Kier molecular flexibility index (Phi) is 2.94. The van der Waals surface area contributed by atoms with Crippen LogP contribution >= 0.6 is 11.6 Å². The highest BCUT2D eigenvalue weighted by Gasteiger charge is 2.09. The highest BCUT2D eigenvalue weighted by atomic mass is 35.5. The highest BCUT2D eigenvalue weighted by molar-refractivity contribution is 6.30. The minimum absolute atomic E-state index is 0.608. The zero-order valence-corrected chi connectivity index (χ0v) is 6.25. The Labute approximate surface area is 61.6 Å². The lowest BCUT2D eigenvalue weighted by Gasteiger charge is -2.14. The summed E-state index contributed by atoms with van der Waals surface area (Å²) in [6, 6.07) is 0. The molecule has 0 aromatic rings. The van der Waals surface area contributed by atoms with E-state index in [0.717, 1.165) is 0 Å². The van der Waals surface area contributed by atoms with Crippen molar-refractivity contribution in [2.45, 2.75) is 32.1 Å². The summed E-state index contributed by atoms with van der Waals surface area (Å²) in [6.45, 7) is 0. The smallest absolute Gasteiger partial charge is 0.0215 e. The van der Waals surface area contributed by atoms with Gasteiger partial charge in [0.25, 0.3) is 0 Å². The summed E-state index contributed by atoms with van der Waals surface area (Å²) in [5.41, 5.74) is 0. The molecule has 0 aromatic carbocycles. The zero-order valence-electron chi connectivity index (χ0n) is 5.49. The van der Waals surface area contributed by atoms with E-state index in [0.29, 0.717) is 5.92 Å². The standard InChI is InChI=1S/C8H11Cl/c9-7-6-8-4-2-1-3-5-8/h8H,1-5H2. The van der Waals surface area contributed by atoms with Crippen molar-refractivity contribution < 1.29 is 0 Å². The van der Waals surface area contributed by atoms with Crippen LogP contribution in [-0.2, 0) is 0 Å². The molecular formula is C8H11Cl. The molecule has 1 fully saturated rings. The predicted octanol–water partition coefficient (Wildman–Crippen LogP) is 2.77. The van der Waals surface area contributed by atoms with Crippen molar-refractivity contribution in [3.8, 4) is 11.3 Å². The van der Waals surface area contributed by atoms with Crippen LogP contribution in [-0.4, -0.2) is 0 Å². The quantitative estimate of drug-likeness (QED) is 0.457. The van der Waals surface area contributed by atoms with E-state index in [1.54, 1.807) is 0 Å². The first-order chi connectivity index (χ1) is 4.43. The van der Waals surface area contributed by atoms with E-state index in [4.69, 9.17) is 11.6 Å². The van der Waals surface area contributed by atoms with Crippen molar-refractivity contribution in [2.75, 3.05) is 0 Å². The maximum atomic E-state index is 5.27. The van der Waals surface area contributed by atoms with Crippen molar-refractivity contribution >= 4 is 11.6 Å². The molecule has 1 aliphatic rings. The summed E-state index contributed by atoms with van der Waals surface area (Å²) in [6.07, 6.45) is 6.60. The van der Waals surface area contributed by atoms with Crippen LogP contribution in [0.5, 0.6) is 0 Å². The predicted molar refractivity (Wildman–Crippen MR) is 40.2 cm³/mol. The van der Waals surface area contributed by atoms with Crippen molar-refractivity contribution in [1.29, 1.82) is 0 Å². The maximum absolute atomic E-state index is 5.27. The van der Waals surface area contributed by atoms with Crippen molar-refractivity contribution in [3.63, 3.8) is 0 Å². The lowest BCUT2D eigenvalue weighted by Crippen LogP contribution is -2.02. The zero-order chi connectivity index (χ0) is 6.53. The van der Waals surface area contributed by atoms with Crippen LogP contribution in [0.3, 0.4) is 0 Å². The molecule has 0 bridgehead atoms. The van der Waals surface area contributed by atoms with Gasteiger partial charge in [0.1, 0.15) is 0 Å². The molecule has 1 saturated carbocycles. The molecule has 0 nitrogen and oxygen atoms in total. The van der Waals surface area contributed by atoms with Crippen molar-refractivity contribution in [1.82, 2.24) is 0 Å². The van der Waals surface area contributed by atoms with Crippen LogP contribution in [0, 0.1) is 17.2 Å². The fraction of sp³-hybridized carbons (Fsp3) is 0.750. The third-order valence-electron chi connectivity index (χ3n) is 1.86. The summed E-state index contributed by atoms with van der Waals surface area (Å²) in [4.78, 5) is 0. The molecule has 1 aliphatic carbocycles. The van der Waals surface area contributed by atoms with E-state index in [9.17, 15) is 0 Å². The van der Waals surface area contributed by atoms with Crippen molar-refractivity contribution in [3.05, 3.63) is 0 Å². The molecule has 0 unspecified atom stereocenters. The van der Waals surface area contributed by atoms with E-state index >= 15 is 0 Å². The largest absolute Gasteiger partial charge is 0.0825 e.